The number of hydrogen-bond donors (Lipinski definition) is 2. The zero-order chi connectivity index (χ0) is 27.7. The minimum atomic E-state index is -4.94. The number of aryl methyl sites for hydroxylation is 1. The summed E-state index contributed by atoms with van der Waals surface area (Å²) in [4.78, 5) is 43.9. The van der Waals surface area contributed by atoms with Crippen molar-refractivity contribution < 1.29 is 32.3 Å². The van der Waals surface area contributed by atoms with E-state index in [9.17, 15) is 27.6 Å². The summed E-state index contributed by atoms with van der Waals surface area (Å²) in [6.45, 7) is 3.37. The molecular weight excluding hydrogens is 535 g/mol. The second kappa shape index (κ2) is 11.2. The molecule has 9 nitrogen and oxygen atoms in total. The molecule has 1 unspecified atom stereocenters. The van der Waals surface area contributed by atoms with Crippen LogP contribution in [0.4, 0.5) is 13.2 Å². The number of carbonyl (C=O) groups excluding carboxylic acids is 3. The fraction of sp³-hybridized carbons (Fsp3) is 0.538. The molecule has 2 N–H and O–H groups in total. The van der Waals surface area contributed by atoms with Gasteiger partial charge in [-0.2, -0.15) is 13.2 Å². The van der Waals surface area contributed by atoms with E-state index >= 15 is 0 Å². The molecule has 1 aromatic carbocycles. The van der Waals surface area contributed by atoms with Gasteiger partial charge in [0, 0.05) is 45.3 Å². The summed E-state index contributed by atoms with van der Waals surface area (Å²) in [5, 5.41) is 8.74. The van der Waals surface area contributed by atoms with Gasteiger partial charge in [0.15, 0.2) is 5.92 Å². The number of fused-ring (bicyclic) bond motifs is 2. The molecule has 3 amide bonds. The Morgan fingerprint density at radius 1 is 1.21 bits per heavy atom. The van der Waals surface area contributed by atoms with Gasteiger partial charge in [-0.25, -0.2) is 9.99 Å². The number of carbonyl (C=O) groups is 3. The Labute approximate surface area is 227 Å². The first kappa shape index (κ1) is 27.5. The van der Waals surface area contributed by atoms with Crippen LogP contribution in [0.5, 0.6) is 0 Å². The number of benzene rings is 1. The number of amides is 3. The van der Waals surface area contributed by atoms with Crippen LogP contribution in [0.2, 0.25) is 0 Å². The Morgan fingerprint density at radius 2 is 1.95 bits per heavy atom. The first-order valence-electron chi connectivity index (χ1n) is 13.0. The van der Waals surface area contributed by atoms with E-state index in [1.807, 2.05) is 5.01 Å². The Balaban J connectivity index is 1.31. The molecule has 4 heterocycles. The van der Waals surface area contributed by atoms with Gasteiger partial charge < -0.3 is 15.4 Å². The maximum Gasteiger partial charge on any atom is 0.402 e. The zero-order valence-corrected chi connectivity index (χ0v) is 22.2. The molecule has 0 radical (unpaired) electrons. The van der Waals surface area contributed by atoms with Crippen LogP contribution in [-0.2, 0) is 20.9 Å². The summed E-state index contributed by atoms with van der Waals surface area (Å²) in [5.41, 5.74) is 1.66. The molecule has 2 fully saturated rings. The van der Waals surface area contributed by atoms with E-state index in [4.69, 9.17) is 4.74 Å². The number of thiazole rings is 1. The lowest BCUT2D eigenvalue weighted by Crippen LogP contribution is -2.50. The first-order valence-corrected chi connectivity index (χ1v) is 13.8. The number of nitrogens with zero attached hydrogens (tertiary/aromatic N) is 3. The number of aromatic nitrogens is 1. The summed E-state index contributed by atoms with van der Waals surface area (Å²) in [7, 11) is 0. The van der Waals surface area contributed by atoms with Gasteiger partial charge >= 0.3 is 6.18 Å². The summed E-state index contributed by atoms with van der Waals surface area (Å²) >= 11 is 1.16. The third-order valence-corrected chi connectivity index (χ3v) is 8.72. The molecule has 39 heavy (non-hydrogen) atoms. The van der Waals surface area contributed by atoms with Crippen molar-refractivity contribution in [3.8, 4) is 0 Å². The van der Waals surface area contributed by atoms with E-state index in [0.29, 0.717) is 44.1 Å². The van der Waals surface area contributed by atoms with Gasteiger partial charge in [-0.1, -0.05) is 24.3 Å². The van der Waals surface area contributed by atoms with Gasteiger partial charge in [0.2, 0.25) is 5.91 Å². The monoisotopic (exact) mass is 565 g/mol. The van der Waals surface area contributed by atoms with E-state index in [-0.39, 0.29) is 10.8 Å². The van der Waals surface area contributed by atoms with Gasteiger partial charge in [-0.05, 0) is 37.3 Å². The number of alkyl halides is 3. The molecule has 0 spiro atoms. The lowest BCUT2D eigenvalue weighted by molar-refractivity contribution is -0.182. The van der Waals surface area contributed by atoms with Crippen LogP contribution < -0.4 is 10.6 Å². The maximum atomic E-state index is 14.1. The van der Waals surface area contributed by atoms with Gasteiger partial charge in [0.05, 0.1) is 10.7 Å². The van der Waals surface area contributed by atoms with Gasteiger partial charge in [0.1, 0.15) is 10.9 Å². The summed E-state index contributed by atoms with van der Waals surface area (Å²) in [6, 6.07) is 5.66. The Hall–Kier alpha value is -3.03. The largest absolute Gasteiger partial charge is 0.402 e. The Bertz CT molecular complexity index is 1250. The molecule has 2 saturated heterocycles. The molecule has 5 rings (SSSR count). The van der Waals surface area contributed by atoms with Crippen LogP contribution in [0, 0.1) is 12.8 Å². The molecule has 210 valence electrons. The van der Waals surface area contributed by atoms with E-state index < -0.39 is 42.4 Å². The number of hydrogen-bond acceptors (Lipinski definition) is 7. The number of ether oxygens (including phenoxy) is 1. The summed E-state index contributed by atoms with van der Waals surface area (Å²) in [6.07, 6.45) is -2.68. The smallest absolute Gasteiger partial charge is 0.381 e. The number of rotatable bonds is 6. The van der Waals surface area contributed by atoms with Crippen molar-refractivity contribution in [2.24, 2.45) is 5.92 Å². The van der Waals surface area contributed by atoms with E-state index in [2.05, 4.69) is 15.6 Å². The van der Waals surface area contributed by atoms with Crippen LogP contribution in [0.25, 0.3) is 0 Å². The number of nitrogens with one attached hydrogen (secondary N) is 2. The topological polar surface area (TPSA) is 104 Å². The van der Waals surface area contributed by atoms with E-state index in [1.165, 1.54) is 5.01 Å². The highest BCUT2D eigenvalue weighted by molar-refractivity contribution is 7.13. The van der Waals surface area contributed by atoms with Gasteiger partial charge in [0.25, 0.3) is 11.8 Å². The predicted octanol–water partition coefficient (Wildman–Crippen LogP) is 3.07. The molecule has 2 aromatic rings. The van der Waals surface area contributed by atoms with Crippen molar-refractivity contribution >= 4 is 29.1 Å². The maximum absolute atomic E-state index is 14.1. The van der Waals surface area contributed by atoms with E-state index in [1.54, 1.807) is 31.2 Å². The zero-order valence-electron chi connectivity index (χ0n) is 21.4. The van der Waals surface area contributed by atoms with Gasteiger partial charge in [-0.15, -0.1) is 11.3 Å². The quantitative estimate of drug-likeness (QED) is 0.558. The standard InChI is InChI=1S/C26H30F3N5O4S/c1-15-21(39-24(31-15)16-7-11-38-12-8-16)23(36)30-13-19(26(27,28)29)22(35)32-20-18-6-3-2-5-17(18)14-33-9-4-10-34(33)25(20)37/h2-3,5-6,16,19-20H,4,7-14H2,1H3,(H,30,36)(H,32,35)/t19?,20-/m0/s1. The molecule has 1 aromatic heterocycles. The summed E-state index contributed by atoms with van der Waals surface area (Å²) < 4.78 is 47.5. The summed E-state index contributed by atoms with van der Waals surface area (Å²) in [5.74, 6) is -4.95. The minimum Gasteiger partial charge on any atom is -0.381 e. The molecule has 3 aliphatic rings. The average Bonchev–Trinajstić information content (AvgIpc) is 3.51. The second-order valence-electron chi connectivity index (χ2n) is 10.0. The lowest BCUT2D eigenvalue weighted by atomic mass is 9.98. The predicted molar refractivity (Wildman–Crippen MR) is 136 cm³/mol. The van der Waals surface area contributed by atoms with Crippen molar-refractivity contribution in [3.63, 3.8) is 0 Å². The van der Waals surface area contributed by atoms with Crippen LogP contribution in [0.15, 0.2) is 24.3 Å². The first-order chi connectivity index (χ1) is 18.6. The van der Waals surface area contributed by atoms with Crippen molar-refractivity contribution in [2.45, 2.75) is 50.9 Å². The molecule has 0 bridgehead atoms. The number of hydrazine groups is 1. The molecule has 0 saturated carbocycles. The molecule has 0 aliphatic carbocycles. The molecule has 2 atom stereocenters. The molecule has 3 aliphatic heterocycles. The third kappa shape index (κ3) is 5.80. The second-order valence-corrected chi connectivity index (χ2v) is 11.0. The number of halogens is 3. The SMILES string of the molecule is Cc1nc(C2CCOCC2)sc1C(=O)NCC(C(=O)N[C@@H]1C(=O)N2CCCN2Cc2ccccc21)C(F)(F)F. The average molecular weight is 566 g/mol. The normalized spacial score (nSPS) is 21.2. The van der Waals surface area contributed by atoms with Crippen LogP contribution in [0.3, 0.4) is 0 Å². The van der Waals surface area contributed by atoms with Crippen LogP contribution in [0.1, 0.15) is 62.7 Å². The highest BCUT2D eigenvalue weighted by atomic mass is 32.1. The minimum absolute atomic E-state index is 0.143. The van der Waals surface area contributed by atoms with E-state index in [0.717, 1.165) is 41.2 Å². The highest BCUT2D eigenvalue weighted by Crippen LogP contribution is 2.33. The van der Waals surface area contributed by atoms with Gasteiger partial charge in [-0.3, -0.25) is 19.4 Å². The fourth-order valence-corrected chi connectivity index (χ4v) is 6.43. The molecular formula is C26H30F3N5O4S. The third-order valence-electron chi connectivity index (χ3n) is 7.40. The fourth-order valence-electron chi connectivity index (χ4n) is 5.28. The van der Waals surface area contributed by atoms with Crippen LogP contribution >= 0.6 is 11.3 Å². The van der Waals surface area contributed by atoms with Crippen molar-refractivity contribution in [1.29, 1.82) is 0 Å². The van der Waals surface area contributed by atoms with Crippen LogP contribution in [-0.4, -0.2) is 71.7 Å². The highest BCUT2D eigenvalue weighted by Gasteiger charge is 2.47. The van der Waals surface area contributed by atoms with Crippen molar-refractivity contribution in [2.75, 3.05) is 32.8 Å². The Kier molecular flexibility index (Phi) is 7.92. The molecule has 13 heteroatoms. The van der Waals surface area contributed by atoms with Crippen molar-refractivity contribution in [1.82, 2.24) is 25.6 Å². The Morgan fingerprint density at radius 3 is 2.69 bits per heavy atom. The lowest BCUT2D eigenvalue weighted by Gasteiger charge is -2.28. The van der Waals surface area contributed by atoms with Crippen molar-refractivity contribution in [3.05, 3.63) is 51.0 Å².